The van der Waals surface area contributed by atoms with Crippen molar-refractivity contribution in [3.05, 3.63) is 57.1 Å². The zero-order chi connectivity index (χ0) is 20.2. The number of anilines is 1. The fourth-order valence-corrected chi connectivity index (χ4v) is 3.27. The summed E-state index contributed by atoms with van der Waals surface area (Å²) in [6.07, 6.45) is -4.83. The van der Waals surface area contributed by atoms with Crippen molar-refractivity contribution in [2.75, 3.05) is 18.2 Å². The Morgan fingerprint density at radius 2 is 2.00 bits per heavy atom. The molecule has 27 heavy (non-hydrogen) atoms. The lowest BCUT2D eigenvalue weighted by molar-refractivity contribution is -0.388. The van der Waals surface area contributed by atoms with Crippen LogP contribution in [-0.4, -0.2) is 23.7 Å². The van der Waals surface area contributed by atoms with E-state index in [9.17, 15) is 28.1 Å². The molecule has 0 aliphatic carbocycles. The van der Waals surface area contributed by atoms with Crippen LogP contribution in [0.4, 0.5) is 24.5 Å². The van der Waals surface area contributed by atoms with Gasteiger partial charge in [0.15, 0.2) is 0 Å². The highest BCUT2D eigenvalue weighted by Gasteiger charge is 2.36. The number of carbonyl (C=O) groups excluding carboxylic acids is 1. The minimum absolute atomic E-state index is 0.145. The number of ether oxygens (including phenoxy) is 1. The van der Waals surface area contributed by atoms with Crippen molar-refractivity contribution in [3.63, 3.8) is 0 Å². The maximum atomic E-state index is 12.9. The van der Waals surface area contributed by atoms with Crippen LogP contribution in [0.25, 0.3) is 0 Å². The van der Waals surface area contributed by atoms with E-state index < -0.39 is 33.3 Å². The fraction of sp³-hybridized carbons (Fsp3) is 0.188. The van der Waals surface area contributed by atoms with Crippen LogP contribution in [0, 0.1) is 10.1 Å². The van der Waals surface area contributed by atoms with E-state index in [1.807, 2.05) is 0 Å². The molecule has 0 heterocycles. The largest absolute Gasteiger partial charge is 0.495 e. The van der Waals surface area contributed by atoms with Crippen molar-refractivity contribution in [2.45, 2.75) is 11.1 Å². The molecule has 2 rings (SSSR count). The van der Waals surface area contributed by atoms with Gasteiger partial charge in [-0.15, -0.1) is 11.8 Å². The van der Waals surface area contributed by atoms with Gasteiger partial charge >= 0.3 is 6.18 Å². The first-order valence-corrected chi connectivity index (χ1v) is 8.60. The molecule has 0 aromatic heterocycles. The van der Waals surface area contributed by atoms with Crippen LogP contribution in [-0.2, 0) is 11.0 Å². The first kappa shape index (κ1) is 20.8. The maximum absolute atomic E-state index is 12.9. The van der Waals surface area contributed by atoms with Gasteiger partial charge in [0.25, 0.3) is 5.69 Å². The van der Waals surface area contributed by atoms with E-state index in [1.165, 1.54) is 7.11 Å². The second-order valence-electron chi connectivity index (χ2n) is 5.09. The number of alkyl halides is 3. The summed E-state index contributed by atoms with van der Waals surface area (Å²) in [4.78, 5) is 22.1. The van der Waals surface area contributed by atoms with Crippen LogP contribution in [0.5, 0.6) is 5.75 Å². The van der Waals surface area contributed by atoms with Gasteiger partial charge in [0.2, 0.25) is 5.91 Å². The van der Waals surface area contributed by atoms with Crippen molar-refractivity contribution in [1.82, 2.24) is 0 Å². The number of methoxy groups -OCH3 is 1. The number of hydrogen-bond acceptors (Lipinski definition) is 5. The molecule has 0 saturated carbocycles. The third-order valence-electron chi connectivity index (χ3n) is 3.29. The van der Waals surface area contributed by atoms with Gasteiger partial charge in [-0.25, -0.2) is 0 Å². The van der Waals surface area contributed by atoms with E-state index in [0.717, 1.165) is 6.07 Å². The Morgan fingerprint density at radius 3 is 2.59 bits per heavy atom. The normalized spacial score (nSPS) is 11.1. The second kappa shape index (κ2) is 8.49. The summed E-state index contributed by atoms with van der Waals surface area (Å²) in [5.74, 6) is -0.380. The first-order chi connectivity index (χ1) is 12.6. The Bertz CT molecular complexity index is 877. The quantitative estimate of drug-likeness (QED) is 0.403. The molecular weight excluding hydrogens is 409 g/mol. The molecular formula is C16H12ClF3N2O4S. The number of halogens is 4. The van der Waals surface area contributed by atoms with Crippen molar-refractivity contribution < 1.29 is 27.6 Å². The molecule has 0 fully saturated rings. The van der Waals surface area contributed by atoms with Gasteiger partial charge < -0.3 is 10.1 Å². The fourth-order valence-electron chi connectivity index (χ4n) is 2.10. The summed E-state index contributed by atoms with van der Waals surface area (Å²) in [6, 6.07) is 7.80. The standard InChI is InChI=1S/C16H12ClF3N2O4S/c1-26-13-5-3-2-4-11(13)21-15(23)8-27-14-7-10(17)9(16(18,19)20)6-12(14)22(24)25/h2-7H,8H2,1H3,(H,21,23). The number of benzene rings is 2. The summed E-state index contributed by atoms with van der Waals surface area (Å²) >= 11 is 6.31. The maximum Gasteiger partial charge on any atom is 0.418 e. The number of nitro groups is 1. The Kier molecular flexibility index (Phi) is 6.55. The molecule has 6 nitrogen and oxygen atoms in total. The summed E-state index contributed by atoms with van der Waals surface area (Å²) in [5, 5.41) is 13.0. The van der Waals surface area contributed by atoms with Gasteiger partial charge in [0, 0.05) is 6.07 Å². The lowest BCUT2D eigenvalue weighted by Crippen LogP contribution is -2.15. The van der Waals surface area contributed by atoms with E-state index in [2.05, 4.69) is 5.32 Å². The molecule has 0 atom stereocenters. The number of carbonyl (C=O) groups is 1. The Hall–Kier alpha value is -2.46. The number of para-hydroxylation sites is 2. The average molecular weight is 421 g/mol. The number of nitro benzene ring substituents is 1. The number of thioether (sulfide) groups is 1. The Balaban J connectivity index is 2.18. The predicted octanol–water partition coefficient (Wildman–Crippen LogP) is 5.01. The van der Waals surface area contributed by atoms with E-state index >= 15 is 0 Å². The van der Waals surface area contributed by atoms with Crippen molar-refractivity contribution >= 4 is 40.6 Å². The zero-order valence-electron chi connectivity index (χ0n) is 13.7. The smallest absolute Gasteiger partial charge is 0.418 e. The van der Waals surface area contributed by atoms with E-state index in [0.29, 0.717) is 29.3 Å². The SMILES string of the molecule is COc1ccccc1NC(=O)CSc1cc(Cl)c(C(F)(F)F)cc1[N+](=O)[O-]. The molecule has 144 valence electrons. The summed E-state index contributed by atoms with van der Waals surface area (Å²) in [6.45, 7) is 0. The summed E-state index contributed by atoms with van der Waals surface area (Å²) in [5.41, 5.74) is -1.69. The van der Waals surface area contributed by atoms with Gasteiger partial charge in [-0.3, -0.25) is 14.9 Å². The van der Waals surface area contributed by atoms with Gasteiger partial charge in [-0.05, 0) is 18.2 Å². The predicted molar refractivity (Wildman–Crippen MR) is 95.5 cm³/mol. The van der Waals surface area contributed by atoms with Crippen molar-refractivity contribution in [2.24, 2.45) is 0 Å². The summed E-state index contributed by atoms with van der Waals surface area (Å²) < 4.78 is 43.7. The average Bonchev–Trinajstić information content (AvgIpc) is 2.59. The second-order valence-corrected chi connectivity index (χ2v) is 6.52. The van der Waals surface area contributed by atoms with Gasteiger partial charge in [0.1, 0.15) is 5.75 Å². The molecule has 0 bridgehead atoms. The highest BCUT2D eigenvalue weighted by atomic mass is 35.5. The van der Waals surface area contributed by atoms with Crippen molar-refractivity contribution in [1.29, 1.82) is 0 Å². The van der Waals surface area contributed by atoms with E-state index in [4.69, 9.17) is 16.3 Å². The molecule has 0 radical (unpaired) electrons. The molecule has 0 saturated heterocycles. The number of rotatable bonds is 6. The lowest BCUT2D eigenvalue weighted by Gasteiger charge is -2.12. The molecule has 0 spiro atoms. The molecule has 2 aromatic rings. The van der Waals surface area contributed by atoms with Crippen molar-refractivity contribution in [3.8, 4) is 5.75 Å². The number of nitrogens with one attached hydrogen (secondary N) is 1. The van der Waals surface area contributed by atoms with E-state index in [1.54, 1.807) is 24.3 Å². The number of hydrogen-bond donors (Lipinski definition) is 1. The zero-order valence-corrected chi connectivity index (χ0v) is 15.2. The number of nitrogens with zero attached hydrogens (tertiary/aromatic N) is 1. The number of amides is 1. The molecule has 11 heteroatoms. The van der Waals surface area contributed by atoms with Crippen LogP contribution in [0.3, 0.4) is 0 Å². The van der Waals surface area contributed by atoms with Gasteiger partial charge in [-0.2, -0.15) is 13.2 Å². The lowest BCUT2D eigenvalue weighted by atomic mass is 10.2. The van der Waals surface area contributed by atoms with Crippen LogP contribution < -0.4 is 10.1 Å². The molecule has 0 aliphatic rings. The minimum Gasteiger partial charge on any atom is -0.495 e. The van der Waals surface area contributed by atoms with Crippen LogP contribution in [0.15, 0.2) is 41.3 Å². The molecule has 0 unspecified atom stereocenters. The monoisotopic (exact) mass is 420 g/mol. The Labute approximate surface area is 160 Å². The minimum atomic E-state index is -4.83. The topological polar surface area (TPSA) is 81.5 Å². The molecule has 1 amide bonds. The molecule has 2 aromatic carbocycles. The first-order valence-electron chi connectivity index (χ1n) is 7.24. The third kappa shape index (κ3) is 5.27. The van der Waals surface area contributed by atoms with Gasteiger partial charge in [0.05, 0.1) is 39.0 Å². The highest BCUT2D eigenvalue weighted by Crippen LogP contribution is 2.41. The molecule has 1 N–H and O–H groups in total. The molecule has 0 aliphatic heterocycles. The highest BCUT2D eigenvalue weighted by molar-refractivity contribution is 8.00. The van der Waals surface area contributed by atoms with Gasteiger partial charge in [-0.1, -0.05) is 23.7 Å². The van der Waals surface area contributed by atoms with Crippen LogP contribution in [0.2, 0.25) is 5.02 Å². The van der Waals surface area contributed by atoms with Crippen LogP contribution >= 0.6 is 23.4 Å². The summed E-state index contributed by atoms with van der Waals surface area (Å²) in [7, 11) is 1.42. The van der Waals surface area contributed by atoms with Crippen LogP contribution in [0.1, 0.15) is 5.56 Å². The third-order valence-corrected chi connectivity index (χ3v) is 4.65. The van der Waals surface area contributed by atoms with E-state index in [-0.39, 0.29) is 10.6 Å². The Morgan fingerprint density at radius 1 is 1.33 bits per heavy atom.